The number of carbonyl (C=O) groups excluding carboxylic acids is 6. The number of Topliss-reactive ketones (excluding diaryl/α,β-unsaturated/α-hetero) is 1. The molecule has 60 heavy (non-hydrogen) atoms. The number of amides is 5. The number of hydrogen-bond acceptors (Lipinski definition) is 10. The highest BCUT2D eigenvalue weighted by Gasteiger charge is 2.36. The Morgan fingerprint density at radius 2 is 1.53 bits per heavy atom. The Hall–Kier alpha value is -6.58. The summed E-state index contributed by atoms with van der Waals surface area (Å²) in [7, 11) is 1.39. The molecular formula is C45H53N7O8. The molecule has 1 aliphatic rings. The molecule has 1 aliphatic heterocycles. The molecule has 10 N–H and O–H groups in total. The van der Waals surface area contributed by atoms with Crippen molar-refractivity contribution in [1.29, 1.82) is 0 Å². The molecule has 5 atom stereocenters. The van der Waals surface area contributed by atoms with Gasteiger partial charge in [-0.25, -0.2) is 0 Å². The molecule has 0 saturated heterocycles. The first-order chi connectivity index (χ1) is 28.6. The molecule has 5 amide bonds. The molecule has 0 spiro atoms. The molecule has 15 nitrogen and oxygen atoms in total. The summed E-state index contributed by atoms with van der Waals surface area (Å²) in [6.07, 6.45) is 1.12. The fourth-order valence-electron chi connectivity index (χ4n) is 7.04. The van der Waals surface area contributed by atoms with Crippen molar-refractivity contribution >= 4 is 35.3 Å². The van der Waals surface area contributed by atoms with E-state index in [1.165, 1.54) is 52.1 Å². The van der Waals surface area contributed by atoms with Gasteiger partial charge in [-0.2, -0.15) is 0 Å². The molecule has 0 aromatic heterocycles. The quantitative estimate of drug-likeness (QED) is 0.0917. The van der Waals surface area contributed by atoms with Gasteiger partial charge < -0.3 is 47.8 Å². The SMILES string of the molecule is CC(=O)[C@H](C)NC(=O)[C@@H]1Cc2ccc(O)c(c2)-c2cc(cc(CN)c2O)[C@H](N(C)C(=O)[C@H](CCCCN)NC(=O)c2ccc(-c3ccccc3)cc2)C(=O)N[C@@H](C)C(=O)N1. The number of likely N-dealkylation sites (N-methyl/N-ethyl adjacent to an activating group) is 1. The molecule has 1 heterocycles. The number of ketones is 1. The highest BCUT2D eigenvalue weighted by molar-refractivity contribution is 6.00. The van der Waals surface area contributed by atoms with Crippen LogP contribution in [-0.2, 0) is 36.9 Å². The summed E-state index contributed by atoms with van der Waals surface area (Å²) in [4.78, 5) is 83.1. The second kappa shape index (κ2) is 19.9. The fourth-order valence-corrected chi connectivity index (χ4v) is 7.04. The Kier molecular flexibility index (Phi) is 14.8. The highest BCUT2D eigenvalue weighted by Crippen LogP contribution is 2.41. The van der Waals surface area contributed by atoms with Gasteiger partial charge in [0.2, 0.25) is 23.6 Å². The van der Waals surface area contributed by atoms with Crippen LogP contribution in [0.3, 0.4) is 0 Å². The van der Waals surface area contributed by atoms with E-state index in [1.807, 2.05) is 42.5 Å². The zero-order valence-corrected chi connectivity index (χ0v) is 34.2. The lowest BCUT2D eigenvalue weighted by Crippen LogP contribution is -2.56. The monoisotopic (exact) mass is 819 g/mol. The van der Waals surface area contributed by atoms with Gasteiger partial charge in [0.05, 0.1) is 6.04 Å². The van der Waals surface area contributed by atoms with Crippen molar-refractivity contribution in [2.24, 2.45) is 11.5 Å². The van der Waals surface area contributed by atoms with Crippen LogP contribution in [0.25, 0.3) is 22.3 Å². The standard InChI is InChI=1S/C45H53N7O8/c1-25(27(3)53)48-43(58)37-21-28-13-18-38(54)34(20-28)35-23-32(22-33(24-47)40(35)55)39(44(59)49-26(2)41(56)51-37)52(4)45(60)36(12-8-9-19-46)50-42(57)31-16-14-30(15-17-31)29-10-6-5-7-11-29/h5-7,10-11,13-18,20,22-23,25-26,36-37,39,54-55H,8-9,12,19,21,24,46-47H2,1-4H3,(H,48,58)(H,49,59)(H,50,57)(H,51,56)/t25-,26-,36-,37-,39-/m0/s1. The summed E-state index contributed by atoms with van der Waals surface area (Å²) in [5, 5.41) is 33.4. The highest BCUT2D eigenvalue weighted by atomic mass is 16.3. The van der Waals surface area contributed by atoms with E-state index in [1.54, 1.807) is 18.2 Å². The number of phenols is 2. The predicted molar refractivity (Wildman–Crippen MR) is 226 cm³/mol. The van der Waals surface area contributed by atoms with Crippen LogP contribution in [0.5, 0.6) is 11.5 Å². The van der Waals surface area contributed by atoms with Crippen LogP contribution in [0.2, 0.25) is 0 Å². The summed E-state index contributed by atoms with van der Waals surface area (Å²) in [5.74, 6) is -4.21. The molecule has 5 rings (SSSR count). The van der Waals surface area contributed by atoms with Crippen molar-refractivity contribution in [3.63, 3.8) is 0 Å². The van der Waals surface area contributed by atoms with Gasteiger partial charge in [-0.1, -0.05) is 48.5 Å². The number of benzene rings is 4. The molecule has 4 aromatic rings. The van der Waals surface area contributed by atoms with Gasteiger partial charge in [-0.15, -0.1) is 0 Å². The number of nitrogens with one attached hydrogen (secondary N) is 4. The molecule has 0 aliphatic carbocycles. The Morgan fingerprint density at radius 3 is 2.18 bits per heavy atom. The van der Waals surface area contributed by atoms with Crippen molar-refractivity contribution < 1.29 is 39.0 Å². The molecule has 0 saturated carbocycles. The number of carbonyl (C=O) groups is 6. The van der Waals surface area contributed by atoms with Crippen LogP contribution in [0, 0.1) is 0 Å². The van der Waals surface area contributed by atoms with Crippen LogP contribution in [0.15, 0.2) is 84.9 Å². The minimum absolute atomic E-state index is 0.0815. The average Bonchev–Trinajstić information content (AvgIpc) is 3.23. The predicted octanol–water partition coefficient (Wildman–Crippen LogP) is 2.96. The third-order valence-corrected chi connectivity index (χ3v) is 10.7. The first-order valence-electron chi connectivity index (χ1n) is 19.9. The topological polar surface area (TPSA) is 246 Å². The van der Waals surface area contributed by atoms with Crippen molar-refractivity contribution in [3.05, 3.63) is 107 Å². The summed E-state index contributed by atoms with van der Waals surface area (Å²) < 4.78 is 0. The third-order valence-electron chi connectivity index (χ3n) is 10.7. The zero-order valence-electron chi connectivity index (χ0n) is 34.2. The van der Waals surface area contributed by atoms with Gasteiger partial charge in [-0.3, -0.25) is 28.8 Å². The Labute approximate surface area is 348 Å². The molecular weight excluding hydrogens is 767 g/mol. The third kappa shape index (κ3) is 10.5. The number of phenolic OH excluding ortho intramolecular Hbond substituents is 2. The molecule has 4 aromatic carbocycles. The minimum Gasteiger partial charge on any atom is -0.507 e. The largest absolute Gasteiger partial charge is 0.507 e. The van der Waals surface area contributed by atoms with Crippen LogP contribution in [-0.4, -0.2) is 88.2 Å². The number of unbranched alkanes of at least 4 members (excludes halogenated alkanes) is 1. The number of fused-ring (bicyclic) bond motifs is 5. The Morgan fingerprint density at radius 1 is 0.850 bits per heavy atom. The van der Waals surface area contributed by atoms with Gasteiger partial charge >= 0.3 is 0 Å². The lowest BCUT2D eigenvalue weighted by Gasteiger charge is -2.33. The van der Waals surface area contributed by atoms with Crippen molar-refractivity contribution in [2.45, 2.75) is 83.2 Å². The lowest BCUT2D eigenvalue weighted by atomic mass is 9.91. The van der Waals surface area contributed by atoms with E-state index < -0.39 is 59.7 Å². The van der Waals surface area contributed by atoms with Crippen molar-refractivity contribution in [1.82, 2.24) is 26.2 Å². The first-order valence-corrected chi connectivity index (χ1v) is 19.9. The van der Waals surface area contributed by atoms with Crippen molar-refractivity contribution in [3.8, 4) is 33.8 Å². The van der Waals surface area contributed by atoms with Crippen LogP contribution in [0.4, 0.5) is 0 Å². The molecule has 0 radical (unpaired) electrons. The van der Waals surface area contributed by atoms with E-state index in [0.29, 0.717) is 30.5 Å². The van der Waals surface area contributed by atoms with Gasteiger partial charge in [-0.05, 0) is 105 Å². The molecule has 316 valence electrons. The average molecular weight is 820 g/mol. The van der Waals surface area contributed by atoms with Gasteiger partial charge in [0.15, 0.2) is 5.78 Å². The van der Waals surface area contributed by atoms with Gasteiger partial charge in [0.25, 0.3) is 5.91 Å². The summed E-state index contributed by atoms with van der Waals surface area (Å²) in [5.41, 5.74) is 15.1. The number of hydrogen-bond donors (Lipinski definition) is 8. The van der Waals surface area contributed by atoms with E-state index in [4.69, 9.17) is 11.5 Å². The zero-order chi connectivity index (χ0) is 43.7. The van der Waals surface area contributed by atoms with E-state index in [0.717, 1.165) is 16.0 Å². The number of nitrogens with zero attached hydrogens (tertiary/aromatic N) is 1. The number of rotatable bonds is 13. The molecule has 0 fully saturated rings. The first kappa shape index (κ1) is 44.5. The van der Waals surface area contributed by atoms with Crippen LogP contribution < -0.4 is 32.7 Å². The number of nitrogens with two attached hydrogens (primary N) is 2. The van der Waals surface area contributed by atoms with Gasteiger partial charge in [0.1, 0.15) is 35.7 Å². The maximum absolute atomic E-state index is 14.6. The lowest BCUT2D eigenvalue weighted by molar-refractivity contribution is -0.141. The van der Waals surface area contributed by atoms with E-state index in [2.05, 4.69) is 21.3 Å². The summed E-state index contributed by atoms with van der Waals surface area (Å²) in [6.45, 7) is 4.38. The van der Waals surface area contributed by atoms with Crippen LogP contribution in [0.1, 0.15) is 73.1 Å². The molecule has 0 unspecified atom stereocenters. The maximum Gasteiger partial charge on any atom is 0.251 e. The normalized spacial score (nSPS) is 17.5. The fraction of sp³-hybridized carbons (Fsp3) is 0.333. The Bertz CT molecular complexity index is 2230. The van der Waals surface area contributed by atoms with Crippen LogP contribution >= 0.6 is 0 Å². The minimum atomic E-state index is -1.47. The molecule has 4 bridgehead atoms. The van der Waals surface area contributed by atoms with E-state index in [9.17, 15) is 39.0 Å². The Balaban J connectivity index is 1.56. The van der Waals surface area contributed by atoms with Crippen molar-refractivity contribution in [2.75, 3.05) is 13.6 Å². The smallest absolute Gasteiger partial charge is 0.251 e. The molecule has 15 heteroatoms. The van der Waals surface area contributed by atoms with Gasteiger partial charge in [0, 0.05) is 42.3 Å². The van der Waals surface area contributed by atoms with E-state index >= 15 is 0 Å². The van der Waals surface area contributed by atoms with E-state index in [-0.39, 0.29) is 58.9 Å². The maximum atomic E-state index is 14.6. The summed E-state index contributed by atoms with van der Waals surface area (Å²) in [6, 6.07) is 18.0. The summed E-state index contributed by atoms with van der Waals surface area (Å²) >= 11 is 0. The number of aromatic hydroxyl groups is 2. The second-order valence-corrected chi connectivity index (χ2v) is 15.1. The second-order valence-electron chi connectivity index (χ2n) is 15.1.